The van der Waals surface area contributed by atoms with E-state index in [1.54, 1.807) is 0 Å². The van der Waals surface area contributed by atoms with Gasteiger partial charge in [0.2, 0.25) is 0 Å². The zero-order chi connectivity index (χ0) is 13.1. The van der Waals surface area contributed by atoms with Gasteiger partial charge in [0.25, 0.3) is 0 Å². The fourth-order valence-corrected chi connectivity index (χ4v) is 1.70. The Kier molecular flexibility index (Phi) is 4.72. The highest BCUT2D eigenvalue weighted by Gasteiger charge is 2.12. The first-order valence-corrected chi connectivity index (χ1v) is 6.27. The molecule has 96 valence electrons. The van der Waals surface area contributed by atoms with Crippen molar-refractivity contribution in [3.8, 4) is 0 Å². The molecule has 1 unspecified atom stereocenters. The van der Waals surface area contributed by atoms with E-state index in [2.05, 4.69) is 58.1 Å². The molecule has 0 fully saturated rings. The predicted molar refractivity (Wildman–Crippen MR) is 73.4 cm³/mol. The summed E-state index contributed by atoms with van der Waals surface area (Å²) >= 11 is 0. The van der Waals surface area contributed by atoms with E-state index in [-0.39, 0.29) is 11.6 Å². The lowest BCUT2D eigenvalue weighted by Gasteiger charge is -2.23. The van der Waals surface area contributed by atoms with Gasteiger partial charge in [-0.1, -0.05) is 18.2 Å². The first-order valence-electron chi connectivity index (χ1n) is 6.27. The number of nitrogens with one attached hydrogen (secondary N) is 1. The summed E-state index contributed by atoms with van der Waals surface area (Å²) < 4.78 is 0. The van der Waals surface area contributed by atoms with Crippen molar-refractivity contribution in [2.75, 3.05) is 6.54 Å². The average molecular weight is 235 g/mol. The molecule has 0 bridgehead atoms. The molecule has 2 N–H and O–H groups in total. The topological polar surface area (TPSA) is 32.3 Å². The quantitative estimate of drug-likeness (QED) is 0.841. The van der Waals surface area contributed by atoms with Crippen LogP contribution in [0.25, 0.3) is 0 Å². The van der Waals surface area contributed by atoms with E-state index in [9.17, 15) is 5.11 Å². The fourth-order valence-electron chi connectivity index (χ4n) is 1.70. The summed E-state index contributed by atoms with van der Waals surface area (Å²) in [7, 11) is 0. The molecule has 1 rings (SSSR count). The van der Waals surface area contributed by atoms with Crippen molar-refractivity contribution in [3.05, 3.63) is 34.9 Å². The van der Waals surface area contributed by atoms with Gasteiger partial charge in [-0.2, -0.15) is 0 Å². The molecule has 1 aromatic carbocycles. The molecule has 0 saturated heterocycles. The molecule has 0 aliphatic rings. The second-order valence-corrected chi connectivity index (χ2v) is 5.91. The van der Waals surface area contributed by atoms with Crippen molar-refractivity contribution in [1.29, 1.82) is 0 Å². The van der Waals surface area contributed by atoms with Gasteiger partial charge in [0.05, 0.1) is 6.10 Å². The van der Waals surface area contributed by atoms with Crippen molar-refractivity contribution in [2.45, 2.75) is 52.7 Å². The zero-order valence-electron chi connectivity index (χ0n) is 11.7. The third-order valence-corrected chi connectivity index (χ3v) is 2.91. The minimum atomic E-state index is -0.323. The van der Waals surface area contributed by atoms with Crippen LogP contribution in [0.3, 0.4) is 0 Å². The Morgan fingerprint density at radius 2 is 1.82 bits per heavy atom. The van der Waals surface area contributed by atoms with E-state index >= 15 is 0 Å². The van der Waals surface area contributed by atoms with Crippen LogP contribution in [-0.4, -0.2) is 23.3 Å². The number of rotatable bonds is 4. The predicted octanol–water partition coefficient (Wildman–Crippen LogP) is 2.59. The van der Waals surface area contributed by atoms with Gasteiger partial charge in [-0.3, -0.25) is 0 Å². The third-order valence-electron chi connectivity index (χ3n) is 2.91. The van der Waals surface area contributed by atoms with E-state index in [0.717, 1.165) is 0 Å². The van der Waals surface area contributed by atoms with Crippen LogP contribution in [0, 0.1) is 13.8 Å². The van der Waals surface area contributed by atoms with Gasteiger partial charge >= 0.3 is 0 Å². The zero-order valence-corrected chi connectivity index (χ0v) is 11.7. The minimum absolute atomic E-state index is 0.0597. The van der Waals surface area contributed by atoms with Crippen molar-refractivity contribution in [3.63, 3.8) is 0 Å². The number of aliphatic hydroxyl groups excluding tert-OH is 1. The van der Waals surface area contributed by atoms with Crippen LogP contribution < -0.4 is 5.32 Å². The standard InChI is InChI=1S/C15H25NO/c1-11-6-7-13(8-12(11)2)9-14(17)10-16-15(3,4)5/h6-8,14,16-17H,9-10H2,1-5H3. The van der Waals surface area contributed by atoms with E-state index < -0.39 is 0 Å². The molecule has 17 heavy (non-hydrogen) atoms. The largest absolute Gasteiger partial charge is 0.391 e. The van der Waals surface area contributed by atoms with Crippen molar-refractivity contribution in [2.24, 2.45) is 0 Å². The van der Waals surface area contributed by atoms with Crippen LogP contribution >= 0.6 is 0 Å². The van der Waals surface area contributed by atoms with Gasteiger partial charge < -0.3 is 10.4 Å². The summed E-state index contributed by atoms with van der Waals surface area (Å²) in [5.41, 5.74) is 3.86. The smallest absolute Gasteiger partial charge is 0.0705 e. The SMILES string of the molecule is Cc1ccc(CC(O)CNC(C)(C)C)cc1C. The maximum atomic E-state index is 9.96. The van der Waals surface area contributed by atoms with E-state index in [4.69, 9.17) is 0 Å². The second-order valence-electron chi connectivity index (χ2n) is 5.91. The summed E-state index contributed by atoms with van der Waals surface area (Å²) in [5.74, 6) is 0. The Hall–Kier alpha value is -0.860. The summed E-state index contributed by atoms with van der Waals surface area (Å²) in [6, 6.07) is 6.38. The van der Waals surface area contributed by atoms with Crippen molar-refractivity contribution in [1.82, 2.24) is 5.32 Å². The highest BCUT2D eigenvalue weighted by Crippen LogP contribution is 2.11. The van der Waals surface area contributed by atoms with Crippen LogP contribution in [0.15, 0.2) is 18.2 Å². The van der Waals surface area contributed by atoms with Crippen LogP contribution in [0.4, 0.5) is 0 Å². The molecule has 0 spiro atoms. The molecule has 0 aromatic heterocycles. The summed E-state index contributed by atoms with van der Waals surface area (Å²) in [6.07, 6.45) is 0.390. The van der Waals surface area contributed by atoms with Gasteiger partial charge in [0.15, 0.2) is 0 Å². The lowest BCUT2D eigenvalue weighted by atomic mass is 10.0. The molecule has 1 atom stereocenters. The van der Waals surface area contributed by atoms with Gasteiger partial charge in [0, 0.05) is 12.1 Å². The highest BCUT2D eigenvalue weighted by molar-refractivity contribution is 5.30. The maximum Gasteiger partial charge on any atom is 0.0705 e. The Balaban J connectivity index is 2.50. The molecular formula is C15H25NO. The Morgan fingerprint density at radius 3 is 2.35 bits per heavy atom. The molecule has 2 nitrogen and oxygen atoms in total. The first-order chi connectivity index (χ1) is 7.78. The number of β-amino-alcohol motifs (C(OH)–C–C–N with tert-alkyl or cyclic N) is 1. The van der Waals surface area contributed by atoms with Gasteiger partial charge in [-0.15, -0.1) is 0 Å². The fraction of sp³-hybridized carbons (Fsp3) is 0.600. The number of aryl methyl sites for hydroxylation is 2. The van der Waals surface area contributed by atoms with Gasteiger partial charge in [0.1, 0.15) is 0 Å². The normalized spacial score (nSPS) is 13.8. The molecule has 1 aromatic rings. The maximum absolute atomic E-state index is 9.96. The van der Waals surface area contributed by atoms with Crippen molar-refractivity contribution >= 4 is 0 Å². The van der Waals surface area contributed by atoms with Crippen molar-refractivity contribution < 1.29 is 5.11 Å². The molecule has 0 radical (unpaired) electrons. The Morgan fingerprint density at radius 1 is 1.18 bits per heavy atom. The van der Waals surface area contributed by atoms with Crippen LogP contribution in [0.2, 0.25) is 0 Å². The lowest BCUT2D eigenvalue weighted by Crippen LogP contribution is -2.41. The number of benzene rings is 1. The first kappa shape index (κ1) is 14.2. The van der Waals surface area contributed by atoms with Gasteiger partial charge in [-0.05, 0) is 57.7 Å². The minimum Gasteiger partial charge on any atom is -0.391 e. The monoisotopic (exact) mass is 235 g/mol. The third kappa shape index (κ3) is 5.33. The molecule has 0 heterocycles. The molecule has 2 heteroatoms. The van der Waals surface area contributed by atoms with E-state index in [1.165, 1.54) is 16.7 Å². The second kappa shape index (κ2) is 5.65. The summed E-state index contributed by atoms with van der Waals surface area (Å²) in [6.45, 7) is 11.2. The van der Waals surface area contributed by atoms with Crippen LogP contribution in [0.1, 0.15) is 37.5 Å². The molecule has 0 amide bonds. The molecular weight excluding hydrogens is 210 g/mol. The average Bonchev–Trinajstić information content (AvgIpc) is 2.20. The molecule has 0 aliphatic heterocycles. The molecule has 0 aliphatic carbocycles. The van der Waals surface area contributed by atoms with E-state index in [1.807, 2.05) is 0 Å². The van der Waals surface area contributed by atoms with Crippen LogP contribution in [-0.2, 0) is 6.42 Å². The number of hydrogen-bond donors (Lipinski definition) is 2. The van der Waals surface area contributed by atoms with E-state index in [0.29, 0.717) is 13.0 Å². The Labute approximate surface area is 105 Å². The highest BCUT2D eigenvalue weighted by atomic mass is 16.3. The molecule has 0 saturated carbocycles. The number of aliphatic hydroxyl groups is 1. The summed E-state index contributed by atoms with van der Waals surface area (Å²) in [4.78, 5) is 0. The number of hydrogen-bond acceptors (Lipinski definition) is 2. The lowest BCUT2D eigenvalue weighted by molar-refractivity contribution is 0.161. The van der Waals surface area contributed by atoms with Crippen LogP contribution in [0.5, 0.6) is 0 Å². The summed E-state index contributed by atoms with van der Waals surface area (Å²) in [5, 5.41) is 13.3. The van der Waals surface area contributed by atoms with Gasteiger partial charge in [-0.25, -0.2) is 0 Å². The Bertz CT molecular complexity index is 366.